The second kappa shape index (κ2) is 8.25. The quantitative estimate of drug-likeness (QED) is 0.0993. The topological polar surface area (TPSA) is 99.7 Å². The lowest BCUT2D eigenvalue weighted by Crippen LogP contribution is -2.28. The van der Waals surface area contributed by atoms with E-state index in [2.05, 4.69) is 4.99 Å². The van der Waals surface area contributed by atoms with Gasteiger partial charge in [0.15, 0.2) is 11.2 Å². The third-order valence-corrected chi connectivity index (χ3v) is 6.32. The van der Waals surface area contributed by atoms with Gasteiger partial charge < -0.3 is 5.11 Å². The molecule has 0 saturated carbocycles. The zero-order valence-electron chi connectivity index (χ0n) is 17.0. The maximum Gasteiger partial charge on any atom is 0.296 e. The molecule has 160 valence electrons. The number of nitro benzene ring substituents is 1. The van der Waals surface area contributed by atoms with E-state index in [0.29, 0.717) is 5.56 Å². The first-order chi connectivity index (χ1) is 16.0. The smallest absolute Gasteiger partial charge is 0.296 e. The van der Waals surface area contributed by atoms with Crippen LogP contribution >= 0.6 is 11.3 Å². The van der Waals surface area contributed by atoms with Crippen molar-refractivity contribution >= 4 is 49.3 Å². The average Bonchev–Trinajstić information content (AvgIpc) is 3.22. The summed E-state index contributed by atoms with van der Waals surface area (Å²) < 4.78 is 1.73. The Morgan fingerprint density at radius 3 is 2.30 bits per heavy atom. The zero-order chi connectivity index (χ0) is 22.9. The molecule has 0 atom stereocenters. The summed E-state index contributed by atoms with van der Waals surface area (Å²) >= 11 is 1.25. The van der Waals surface area contributed by atoms with E-state index in [4.69, 9.17) is 0 Å². The van der Waals surface area contributed by atoms with E-state index in [1.54, 1.807) is 34.9 Å². The largest absolute Gasteiger partial charge is 0.858 e. The van der Waals surface area contributed by atoms with Crippen molar-refractivity contribution in [3.05, 3.63) is 118 Å². The van der Waals surface area contributed by atoms with E-state index in [9.17, 15) is 20.0 Å². The molecule has 0 amide bonds. The van der Waals surface area contributed by atoms with Gasteiger partial charge in [0.05, 0.1) is 10.3 Å². The normalized spacial score (nSPS) is 11.7. The van der Waals surface area contributed by atoms with Crippen LogP contribution in [0.15, 0.2) is 96.1 Å². The Morgan fingerprint density at radius 2 is 1.58 bits per heavy atom. The van der Waals surface area contributed by atoms with Crippen molar-refractivity contribution in [3.63, 3.8) is 0 Å². The van der Waals surface area contributed by atoms with Gasteiger partial charge in [0.25, 0.3) is 22.0 Å². The number of thiazole rings is 1. The highest BCUT2D eigenvalue weighted by Crippen LogP contribution is 2.33. The highest BCUT2D eigenvalue weighted by atomic mass is 32.1. The highest BCUT2D eigenvalue weighted by Gasteiger charge is 2.30. The maximum atomic E-state index is 13.5. The number of rotatable bonds is 5. The van der Waals surface area contributed by atoms with Crippen LogP contribution in [0.5, 0.6) is 0 Å². The van der Waals surface area contributed by atoms with Gasteiger partial charge in [0, 0.05) is 23.8 Å². The van der Waals surface area contributed by atoms with Crippen LogP contribution in [0.1, 0.15) is 21.6 Å². The van der Waals surface area contributed by atoms with E-state index in [0.717, 1.165) is 15.6 Å². The zero-order valence-corrected chi connectivity index (χ0v) is 17.9. The number of aliphatic imine (C=N–C) groups is 1. The Kier molecular flexibility index (Phi) is 5.12. The van der Waals surface area contributed by atoms with Crippen molar-refractivity contribution in [1.82, 2.24) is 0 Å². The summed E-state index contributed by atoms with van der Waals surface area (Å²) in [6.45, 7) is 0. The van der Waals surface area contributed by atoms with Gasteiger partial charge in [-0.1, -0.05) is 48.5 Å². The standard InChI is InChI=1S/C25H15N3O4S/c29-22(17-10-12-19(13-11-17)28(31)32)21-24(26-23(30)18-7-2-1-3-8-18)33-25-20-9-5-4-6-16(20)14-15-27(21)25/h1-15H. The number of pyridine rings is 1. The first kappa shape index (κ1) is 20.5. The number of hydrogen-bond donors (Lipinski definition) is 0. The second-order valence-corrected chi connectivity index (χ2v) is 8.23. The van der Waals surface area contributed by atoms with Crippen LogP contribution in [0.4, 0.5) is 10.7 Å². The summed E-state index contributed by atoms with van der Waals surface area (Å²) in [5, 5.41) is 26.0. The second-order valence-electron chi connectivity index (χ2n) is 7.25. The van der Waals surface area contributed by atoms with Gasteiger partial charge in [-0.2, -0.15) is 0 Å². The molecule has 0 aliphatic rings. The number of nitrogens with zero attached hydrogens (tertiary/aromatic N) is 3. The Bertz CT molecular complexity index is 1560. The SMILES string of the molecule is O=C(c1ccc([N+](=O)[O-])cc1)c1c(/N=C(\[O-])c2ccccc2)sc2c3ccccc3cc[n+]12. The molecule has 0 N–H and O–H groups in total. The summed E-state index contributed by atoms with van der Waals surface area (Å²) in [6, 6.07) is 23.7. The number of aromatic nitrogens is 1. The molecule has 33 heavy (non-hydrogen) atoms. The van der Waals surface area contributed by atoms with E-state index in [1.165, 1.54) is 35.6 Å². The molecule has 5 rings (SSSR count). The van der Waals surface area contributed by atoms with Crippen molar-refractivity contribution in [1.29, 1.82) is 0 Å². The van der Waals surface area contributed by atoms with Crippen molar-refractivity contribution in [2.24, 2.45) is 4.99 Å². The van der Waals surface area contributed by atoms with Crippen LogP contribution in [0.25, 0.3) is 15.6 Å². The molecule has 0 saturated heterocycles. The summed E-state index contributed by atoms with van der Waals surface area (Å²) in [5.74, 6) is -0.833. The first-order valence-electron chi connectivity index (χ1n) is 9.99. The van der Waals surface area contributed by atoms with E-state index < -0.39 is 10.8 Å². The van der Waals surface area contributed by atoms with Gasteiger partial charge >= 0.3 is 0 Å². The van der Waals surface area contributed by atoms with Gasteiger partial charge in [0.1, 0.15) is 0 Å². The number of benzene rings is 3. The lowest BCUT2D eigenvalue weighted by atomic mass is 10.1. The molecule has 8 heteroatoms. The molecule has 7 nitrogen and oxygen atoms in total. The van der Waals surface area contributed by atoms with Crippen LogP contribution in [0.3, 0.4) is 0 Å². The molecule has 2 aromatic heterocycles. The molecule has 5 aromatic rings. The van der Waals surface area contributed by atoms with Crippen molar-refractivity contribution in [2.45, 2.75) is 0 Å². The van der Waals surface area contributed by atoms with E-state index in [-0.39, 0.29) is 27.7 Å². The fourth-order valence-electron chi connectivity index (χ4n) is 3.60. The maximum absolute atomic E-state index is 13.5. The van der Waals surface area contributed by atoms with Crippen molar-refractivity contribution < 1.29 is 19.2 Å². The number of non-ortho nitro benzene ring substituents is 1. The molecule has 0 aliphatic heterocycles. The number of carbonyl (C=O) groups is 1. The van der Waals surface area contributed by atoms with Crippen LogP contribution in [-0.4, -0.2) is 16.6 Å². The van der Waals surface area contributed by atoms with Crippen molar-refractivity contribution in [3.8, 4) is 0 Å². The van der Waals surface area contributed by atoms with Gasteiger partial charge in [-0.05, 0) is 46.4 Å². The molecule has 2 heterocycles. The Hall–Kier alpha value is -4.43. The van der Waals surface area contributed by atoms with Gasteiger partial charge in [-0.25, -0.2) is 4.99 Å². The average molecular weight is 453 g/mol. The van der Waals surface area contributed by atoms with Gasteiger partial charge in [0.2, 0.25) is 0 Å². The molecule has 0 fully saturated rings. The predicted molar refractivity (Wildman–Crippen MR) is 124 cm³/mol. The third kappa shape index (κ3) is 3.72. The Labute approximate surface area is 191 Å². The lowest BCUT2D eigenvalue weighted by molar-refractivity contribution is -0.508. The molecule has 3 aromatic carbocycles. The molecular formula is C25H15N3O4S. The summed E-state index contributed by atoms with van der Waals surface area (Å²) in [6.07, 6.45) is 1.78. The van der Waals surface area contributed by atoms with Crippen LogP contribution in [0, 0.1) is 10.1 Å². The molecule has 0 spiro atoms. The number of fused-ring (bicyclic) bond motifs is 3. The number of nitro groups is 1. The fourth-order valence-corrected chi connectivity index (χ4v) is 4.75. The molecular weight excluding hydrogens is 438 g/mol. The summed E-state index contributed by atoms with van der Waals surface area (Å²) in [4.78, 5) is 29.1. The van der Waals surface area contributed by atoms with Gasteiger partial charge in [-0.15, -0.1) is 4.40 Å². The van der Waals surface area contributed by atoms with Crippen LogP contribution < -0.4 is 9.51 Å². The van der Waals surface area contributed by atoms with Crippen LogP contribution in [-0.2, 0) is 0 Å². The van der Waals surface area contributed by atoms with Gasteiger partial charge in [-0.3, -0.25) is 14.9 Å². The molecule has 0 radical (unpaired) electrons. The Balaban J connectivity index is 1.73. The minimum absolute atomic E-state index is 0.107. The molecule has 0 aliphatic carbocycles. The number of ketones is 1. The third-order valence-electron chi connectivity index (χ3n) is 5.23. The Morgan fingerprint density at radius 1 is 0.879 bits per heavy atom. The minimum Gasteiger partial charge on any atom is -0.858 e. The number of hydrogen-bond acceptors (Lipinski definition) is 6. The highest BCUT2D eigenvalue weighted by molar-refractivity contribution is 7.21. The lowest BCUT2D eigenvalue weighted by Gasteiger charge is -2.09. The fraction of sp³-hybridized carbons (Fsp3) is 0. The monoisotopic (exact) mass is 453 g/mol. The predicted octanol–water partition coefficient (Wildman–Crippen LogP) is 4.22. The van der Waals surface area contributed by atoms with Crippen LogP contribution in [0.2, 0.25) is 0 Å². The number of carbonyl (C=O) groups excluding carboxylic acids is 1. The summed E-state index contributed by atoms with van der Waals surface area (Å²) in [5.41, 5.74) is 0.812. The van der Waals surface area contributed by atoms with E-state index in [1.807, 2.05) is 36.4 Å². The molecule has 0 bridgehead atoms. The summed E-state index contributed by atoms with van der Waals surface area (Å²) in [7, 11) is 0. The first-order valence-corrected chi connectivity index (χ1v) is 10.8. The van der Waals surface area contributed by atoms with E-state index >= 15 is 0 Å². The molecule has 0 unspecified atom stereocenters. The van der Waals surface area contributed by atoms with Crippen molar-refractivity contribution in [2.75, 3.05) is 0 Å². The minimum atomic E-state index is -0.519.